The minimum Gasteiger partial charge on any atom is -0.508 e. The Balaban J connectivity index is 2.10. The number of benzene rings is 1. The Bertz CT molecular complexity index is 602. The van der Waals surface area contributed by atoms with Crippen molar-refractivity contribution in [3.05, 3.63) is 23.8 Å². The normalized spacial score (nSPS) is 25.1. The van der Waals surface area contributed by atoms with Crippen LogP contribution in [0.25, 0.3) is 0 Å². The monoisotopic (exact) mass is 275 g/mol. The van der Waals surface area contributed by atoms with Crippen LogP contribution in [-0.4, -0.2) is 28.0 Å². The molecule has 2 bridgehead atoms. The van der Waals surface area contributed by atoms with E-state index in [1.165, 1.54) is 12.1 Å². The van der Waals surface area contributed by atoms with Crippen LogP contribution >= 0.6 is 0 Å². The van der Waals surface area contributed by atoms with Gasteiger partial charge in [0.05, 0.1) is 11.3 Å². The Morgan fingerprint density at radius 1 is 1.15 bits per heavy atom. The molecule has 0 spiro atoms. The first-order chi connectivity index (χ1) is 9.49. The van der Waals surface area contributed by atoms with Crippen molar-refractivity contribution in [2.75, 3.05) is 4.90 Å². The van der Waals surface area contributed by atoms with E-state index in [-0.39, 0.29) is 40.7 Å². The van der Waals surface area contributed by atoms with Gasteiger partial charge in [-0.15, -0.1) is 0 Å². The summed E-state index contributed by atoms with van der Waals surface area (Å²) in [6.45, 7) is 0. The van der Waals surface area contributed by atoms with Crippen LogP contribution in [0, 0.1) is 11.8 Å². The fraction of sp³-hybridized carbons (Fsp3) is 0.357. The molecule has 1 heterocycles. The van der Waals surface area contributed by atoms with Crippen LogP contribution in [0.4, 0.5) is 5.69 Å². The molecule has 2 atom stereocenters. The smallest absolute Gasteiger partial charge is 0.337 e. The van der Waals surface area contributed by atoms with E-state index in [1.807, 2.05) is 0 Å². The van der Waals surface area contributed by atoms with Gasteiger partial charge in [0.25, 0.3) is 0 Å². The summed E-state index contributed by atoms with van der Waals surface area (Å²) in [7, 11) is 0. The van der Waals surface area contributed by atoms with Crippen LogP contribution in [0.1, 0.15) is 29.6 Å². The third kappa shape index (κ3) is 1.76. The van der Waals surface area contributed by atoms with Crippen LogP contribution in [0.5, 0.6) is 5.75 Å². The summed E-state index contributed by atoms with van der Waals surface area (Å²) in [5.74, 6) is -2.57. The minimum absolute atomic E-state index is 0.0434. The summed E-state index contributed by atoms with van der Waals surface area (Å²) >= 11 is 0. The number of carboxylic acids is 1. The summed E-state index contributed by atoms with van der Waals surface area (Å²) in [5.41, 5.74) is -0.199. The van der Waals surface area contributed by atoms with Crippen molar-refractivity contribution in [3.8, 4) is 5.75 Å². The Hall–Kier alpha value is -2.37. The number of phenols is 1. The SMILES string of the molecule is O=C(O)c1cc(O)ccc1N1C(=O)C2CCC(C2)C1=O. The average molecular weight is 275 g/mol. The number of rotatable bonds is 2. The van der Waals surface area contributed by atoms with Gasteiger partial charge in [0, 0.05) is 11.8 Å². The number of aromatic hydroxyl groups is 1. The van der Waals surface area contributed by atoms with Gasteiger partial charge in [-0.1, -0.05) is 0 Å². The van der Waals surface area contributed by atoms with Gasteiger partial charge in [-0.3, -0.25) is 9.59 Å². The number of hydrogen-bond donors (Lipinski definition) is 2. The van der Waals surface area contributed by atoms with E-state index < -0.39 is 5.97 Å². The Morgan fingerprint density at radius 3 is 2.30 bits per heavy atom. The molecule has 2 fully saturated rings. The topological polar surface area (TPSA) is 94.9 Å². The van der Waals surface area contributed by atoms with E-state index in [4.69, 9.17) is 0 Å². The van der Waals surface area contributed by atoms with Gasteiger partial charge in [0.15, 0.2) is 0 Å². The zero-order chi connectivity index (χ0) is 14.4. The lowest BCUT2D eigenvalue weighted by atomic mass is 9.95. The molecule has 1 aliphatic heterocycles. The predicted molar refractivity (Wildman–Crippen MR) is 68.4 cm³/mol. The molecule has 2 amide bonds. The molecule has 2 N–H and O–H groups in total. The molecule has 3 rings (SSSR count). The summed E-state index contributed by atoms with van der Waals surface area (Å²) in [4.78, 5) is 36.8. The van der Waals surface area contributed by atoms with Crippen LogP contribution in [0.3, 0.4) is 0 Å². The van der Waals surface area contributed by atoms with E-state index in [0.717, 1.165) is 11.0 Å². The first-order valence-corrected chi connectivity index (χ1v) is 6.43. The van der Waals surface area contributed by atoms with Crippen molar-refractivity contribution >= 4 is 23.5 Å². The maximum atomic E-state index is 12.3. The number of carbonyl (C=O) groups excluding carboxylic acids is 2. The van der Waals surface area contributed by atoms with Crippen molar-refractivity contribution in [1.82, 2.24) is 0 Å². The maximum Gasteiger partial charge on any atom is 0.337 e. The van der Waals surface area contributed by atoms with Crippen molar-refractivity contribution in [3.63, 3.8) is 0 Å². The first kappa shape index (κ1) is 12.7. The molecule has 2 aliphatic rings. The molecule has 1 saturated carbocycles. The molecule has 1 saturated heterocycles. The number of anilines is 1. The highest BCUT2D eigenvalue weighted by molar-refractivity contribution is 6.20. The van der Waals surface area contributed by atoms with Crippen molar-refractivity contribution in [1.29, 1.82) is 0 Å². The Morgan fingerprint density at radius 2 is 1.75 bits per heavy atom. The minimum atomic E-state index is -1.28. The number of amides is 2. The van der Waals surface area contributed by atoms with Gasteiger partial charge in [-0.25, -0.2) is 9.69 Å². The molecule has 6 heteroatoms. The fourth-order valence-electron chi connectivity index (χ4n) is 3.03. The van der Waals surface area contributed by atoms with E-state index >= 15 is 0 Å². The predicted octanol–water partition coefficient (Wildman–Crippen LogP) is 1.38. The third-order valence-electron chi connectivity index (χ3n) is 4.02. The van der Waals surface area contributed by atoms with Crippen LogP contribution < -0.4 is 4.90 Å². The van der Waals surface area contributed by atoms with E-state index in [0.29, 0.717) is 19.3 Å². The highest BCUT2D eigenvalue weighted by Gasteiger charge is 2.46. The molecule has 20 heavy (non-hydrogen) atoms. The van der Waals surface area contributed by atoms with Crippen molar-refractivity contribution < 1.29 is 24.6 Å². The summed E-state index contributed by atoms with van der Waals surface area (Å²) in [5, 5.41) is 18.6. The number of aromatic carboxylic acids is 1. The Labute approximate surface area is 114 Å². The van der Waals surface area contributed by atoms with Crippen LogP contribution in [0.2, 0.25) is 0 Å². The quantitative estimate of drug-likeness (QED) is 0.795. The number of fused-ring (bicyclic) bond motifs is 2. The molecule has 2 unspecified atom stereocenters. The van der Waals surface area contributed by atoms with Gasteiger partial charge in [0.1, 0.15) is 5.75 Å². The lowest BCUT2D eigenvalue weighted by Gasteiger charge is -2.30. The second kappa shape index (κ2) is 4.33. The summed E-state index contributed by atoms with van der Waals surface area (Å²) in [6, 6.07) is 3.63. The molecular formula is C14H13NO5. The second-order valence-corrected chi connectivity index (χ2v) is 5.23. The second-order valence-electron chi connectivity index (χ2n) is 5.23. The van der Waals surface area contributed by atoms with Gasteiger partial charge in [0.2, 0.25) is 11.8 Å². The molecule has 104 valence electrons. The number of hydrogen-bond acceptors (Lipinski definition) is 4. The molecule has 6 nitrogen and oxygen atoms in total. The summed E-state index contributed by atoms with van der Waals surface area (Å²) in [6.07, 6.45) is 1.91. The third-order valence-corrected chi connectivity index (χ3v) is 4.02. The van der Waals surface area contributed by atoms with Gasteiger partial charge in [-0.05, 0) is 37.5 Å². The molecular weight excluding hydrogens is 262 g/mol. The number of piperidine rings is 1. The zero-order valence-electron chi connectivity index (χ0n) is 10.6. The van der Waals surface area contributed by atoms with Gasteiger partial charge in [-0.2, -0.15) is 0 Å². The van der Waals surface area contributed by atoms with E-state index in [1.54, 1.807) is 0 Å². The largest absolute Gasteiger partial charge is 0.508 e. The standard InChI is InChI=1S/C14H13NO5/c16-9-3-4-11(10(6-9)14(19)20)15-12(17)7-1-2-8(5-7)13(15)18/h3-4,6-8,16H,1-2,5H2,(H,19,20). The van der Waals surface area contributed by atoms with Crippen molar-refractivity contribution in [2.45, 2.75) is 19.3 Å². The summed E-state index contributed by atoms with van der Waals surface area (Å²) < 4.78 is 0. The number of nitrogens with zero attached hydrogens (tertiary/aromatic N) is 1. The number of carbonyl (C=O) groups is 3. The van der Waals surface area contributed by atoms with E-state index in [2.05, 4.69) is 0 Å². The maximum absolute atomic E-state index is 12.3. The fourth-order valence-corrected chi connectivity index (χ4v) is 3.03. The van der Waals surface area contributed by atoms with Crippen molar-refractivity contribution in [2.24, 2.45) is 11.8 Å². The van der Waals surface area contributed by atoms with E-state index in [9.17, 15) is 24.6 Å². The molecule has 0 radical (unpaired) electrons. The molecule has 1 aromatic rings. The lowest BCUT2D eigenvalue weighted by Crippen LogP contribution is -2.47. The number of imide groups is 1. The lowest BCUT2D eigenvalue weighted by molar-refractivity contribution is -0.133. The average Bonchev–Trinajstić information content (AvgIpc) is 2.85. The first-order valence-electron chi connectivity index (χ1n) is 6.43. The van der Waals surface area contributed by atoms with Gasteiger partial charge < -0.3 is 10.2 Å². The highest BCUT2D eigenvalue weighted by Crippen LogP contribution is 2.41. The van der Waals surface area contributed by atoms with Crippen LogP contribution in [0.15, 0.2) is 18.2 Å². The van der Waals surface area contributed by atoms with Gasteiger partial charge >= 0.3 is 5.97 Å². The van der Waals surface area contributed by atoms with Crippen LogP contribution in [-0.2, 0) is 9.59 Å². The molecule has 0 aromatic heterocycles. The molecule has 1 aromatic carbocycles. The molecule has 1 aliphatic carbocycles. The highest BCUT2D eigenvalue weighted by atomic mass is 16.4. The number of carboxylic acid groups (broad SMARTS) is 1. The number of phenolic OH excluding ortho intramolecular Hbond substituents is 1. The Kier molecular flexibility index (Phi) is 2.74. The zero-order valence-corrected chi connectivity index (χ0v) is 10.6.